The van der Waals surface area contributed by atoms with Crippen molar-refractivity contribution in [1.29, 1.82) is 0 Å². The summed E-state index contributed by atoms with van der Waals surface area (Å²) in [6.45, 7) is 5.37. The highest BCUT2D eigenvalue weighted by atomic mass is 16.8. The van der Waals surface area contributed by atoms with Crippen LogP contribution in [0.2, 0.25) is 0 Å². The third-order valence-corrected chi connectivity index (χ3v) is 3.88. The van der Waals surface area contributed by atoms with Gasteiger partial charge in [0.25, 0.3) is 0 Å². The fraction of sp³-hybridized carbons (Fsp3) is 0.917. The molecule has 1 aliphatic heterocycles. The molecule has 86 valence electrons. The molecule has 0 bridgehead atoms. The summed E-state index contributed by atoms with van der Waals surface area (Å²) in [4.78, 5) is 11.6. The molecule has 3 heteroatoms. The first-order valence-electron chi connectivity index (χ1n) is 5.88. The molecule has 2 atom stereocenters. The van der Waals surface area contributed by atoms with E-state index in [-0.39, 0.29) is 11.9 Å². The zero-order valence-corrected chi connectivity index (χ0v) is 9.84. The Bertz CT molecular complexity index is 268. The number of Topliss-reactive ketones (excluding diaryl/α,β-unsaturated/α-hetero) is 1. The largest absolute Gasteiger partial charge is 0.343 e. The fourth-order valence-corrected chi connectivity index (χ4v) is 2.60. The van der Waals surface area contributed by atoms with Gasteiger partial charge in [0.2, 0.25) is 0 Å². The Kier molecular flexibility index (Phi) is 2.63. The maximum Gasteiger partial charge on any atom is 0.170 e. The molecule has 15 heavy (non-hydrogen) atoms. The summed E-state index contributed by atoms with van der Waals surface area (Å²) in [7, 11) is 0. The van der Waals surface area contributed by atoms with Gasteiger partial charge in [0, 0.05) is 12.8 Å². The van der Waals surface area contributed by atoms with E-state index in [0.29, 0.717) is 0 Å². The zero-order valence-electron chi connectivity index (χ0n) is 9.84. The van der Waals surface area contributed by atoms with Crippen LogP contribution in [0, 0.1) is 0 Å². The molecule has 0 aromatic carbocycles. The molecule has 0 radical (unpaired) electrons. The lowest BCUT2D eigenvalue weighted by Crippen LogP contribution is -2.43. The quantitative estimate of drug-likeness (QED) is 0.669. The van der Waals surface area contributed by atoms with Crippen molar-refractivity contribution in [3.63, 3.8) is 0 Å². The number of ether oxygens (including phenoxy) is 2. The Labute approximate surface area is 91.1 Å². The molecule has 1 aliphatic carbocycles. The third-order valence-electron chi connectivity index (χ3n) is 3.88. The van der Waals surface area contributed by atoms with Gasteiger partial charge >= 0.3 is 0 Å². The van der Waals surface area contributed by atoms with E-state index in [9.17, 15) is 4.79 Å². The van der Waals surface area contributed by atoms with Gasteiger partial charge in [0.15, 0.2) is 17.2 Å². The van der Waals surface area contributed by atoms with Crippen LogP contribution in [0.15, 0.2) is 0 Å². The summed E-state index contributed by atoms with van der Waals surface area (Å²) >= 11 is 0. The summed E-state index contributed by atoms with van der Waals surface area (Å²) < 4.78 is 11.9. The van der Waals surface area contributed by atoms with Crippen molar-refractivity contribution < 1.29 is 14.3 Å². The zero-order chi connectivity index (χ0) is 11.1. The minimum absolute atomic E-state index is 0.0671. The number of hydrogen-bond acceptors (Lipinski definition) is 3. The summed E-state index contributed by atoms with van der Waals surface area (Å²) in [6.07, 6.45) is 5.26. The smallest absolute Gasteiger partial charge is 0.170 e. The second kappa shape index (κ2) is 3.56. The highest BCUT2D eigenvalue weighted by molar-refractivity contribution is 5.85. The molecule has 0 aromatic rings. The minimum Gasteiger partial charge on any atom is -0.343 e. The van der Waals surface area contributed by atoms with Crippen molar-refractivity contribution in [1.82, 2.24) is 0 Å². The van der Waals surface area contributed by atoms with Crippen LogP contribution in [-0.4, -0.2) is 23.3 Å². The number of hydrogen-bond donors (Lipinski definition) is 0. The molecular formula is C12H20O3. The van der Waals surface area contributed by atoms with Gasteiger partial charge in [-0.05, 0) is 33.6 Å². The molecular weight excluding hydrogens is 192 g/mol. The van der Waals surface area contributed by atoms with Crippen LogP contribution < -0.4 is 0 Å². The SMILES string of the molecule is CC(=O)C1(C)OC2(CCCCC2)OC1C. The Morgan fingerprint density at radius 2 is 1.87 bits per heavy atom. The average Bonchev–Trinajstić information content (AvgIpc) is 2.41. The van der Waals surface area contributed by atoms with Gasteiger partial charge in [-0.25, -0.2) is 0 Å². The first-order valence-corrected chi connectivity index (χ1v) is 5.88. The monoisotopic (exact) mass is 212 g/mol. The van der Waals surface area contributed by atoms with Gasteiger partial charge in [0.1, 0.15) is 0 Å². The second-order valence-corrected chi connectivity index (χ2v) is 5.00. The number of carbonyl (C=O) groups excluding carboxylic acids is 1. The van der Waals surface area contributed by atoms with Crippen LogP contribution in [-0.2, 0) is 14.3 Å². The molecule has 2 fully saturated rings. The first-order chi connectivity index (χ1) is 6.99. The molecule has 1 saturated carbocycles. The molecule has 1 heterocycles. The van der Waals surface area contributed by atoms with Gasteiger partial charge in [-0.1, -0.05) is 6.42 Å². The van der Waals surface area contributed by atoms with E-state index in [1.807, 2.05) is 13.8 Å². The minimum atomic E-state index is -0.739. The lowest BCUT2D eigenvalue weighted by atomic mass is 9.93. The van der Waals surface area contributed by atoms with Crippen molar-refractivity contribution in [2.45, 2.75) is 70.4 Å². The summed E-state index contributed by atoms with van der Waals surface area (Å²) in [5, 5.41) is 0. The van der Waals surface area contributed by atoms with Crippen LogP contribution in [0.25, 0.3) is 0 Å². The Balaban J connectivity index is 2.18. The van der Waals surface area contributed by atoms with Crippen molar-refractivity contribution in [3.05, 3.63) is 0 Å². The second-order valence-electron chi connectivity index (χ2n) is 5.00. The highest BCUT2D eigenvalue weighted by Crippen LogP contribution is 2.45. The van der Waals surface area contributed by atoms with E-state index in [1.165, 1.54) is 6.42 Å². The highest BCUT2D eigenvalue weighted by Gasteiger charge is 2.55. The van der Waals surface area contributed by atoms with Crippen LogP contribution in [0.1, 0.15) is 52.9 Å². The van der Waals surface area contributed by atoms with Gasteiger partial charge in [0.05, 0.1) is 6.10 Å². The van der Waals surface area contributed by atoms with Crippen LogP contribution in [0.5, 0.6) is 0 Å². The summed E-state index contributed by atoms with van der Waals surface area (Å²) in [5.74, 6) is -0.393. The maximum absolute atomic E-state index is 11.6. The van der Waals surface area contributed by atoms with Gasteiger partial charge < -0.3 is 9.47 Å². The van der Waals surface area contributed by atoms with E-state index in [1.54, 1.807) is 6.92 Å². The summed E-state index contributed by atoms with van der Waals surface area (Å²) in [5.41, 5.74) is -0.739. The van der Waals surface area contributed by atoms with Crippen molar-refractivity contribution in [2.75, 3.05) is 0 Å². The van der Waals surface area contributed by atoms with Crippen molar-refractivity contribution >= 4 is 5.78 Å². The molecule has 0 aromatic heterocycles. The molecule has 1 saturated heterocycles. The fourth-order valence-electron chi connectivity index (χ4n) is 2.60. The number of carbonyl (C=O) groups is 1. The van der Waals surface area contributed by atoms with Crippen molar-refractivity contribution in [2.24, 2.45) is 0 Å². The van der Waals surface area contributed by atoms with E-state index in [2.05, 4.69) is 0 Å². The molecule has 2 unspecified atom stereocenters. The van der Waals surface area contributed by atoms with Crippen LogP contribution in [0.4, 0.5) is 0 Å². The van der Waals surface area contributed by atoms with E-state index in [0.717, 1.165) is 25.7 Å². The molecule has 0 amide bonds. The third kappa shape index (κ3) is 1.72. The predicted octanol–water partition coefficient (Wildman–Crippen LogP) is 2.43. The van der Waals surface area contributed by atoms with E-state index in [4.69, 9.17) is 9.47 Å². The lowest BCUT2D eigenvalue weighted by molar-refractivity contribution is -0.205. The number of rotatable bonds is 1. The van der Waals surface area contributed by atoms with Gasteiger partial charge in [-0.15, -0.1) is 0 Å². The summed E-state index contributed by atoms with van der Waals surface area (Å²) in [6, 6.07) is 0. The normalized spacial score (nSPS) is 39.5. The Morgan fingerprint density at radius 3 is 2.33 bits per heavy atom. The Hall–Kier alpha value is -0.410. The molecule has 0 N–H and O–H groups in total. The van der Waals surface area contributed by atoms with Crippen LogP contribution >= 0.6 is 0 Å². The topological polar surface area (TPSA) is 35.5 Å². The molecule has 1 spiro atoms. The van der Waals surface area contributed by atoms with Gasteiger partial charge in [-0.3, -0.25) is 4.79 Å². The van der Waals surface area contributed by atoms with Crippen molar-refractivity contribution in [3.8, 4) is 0 Å². The standard InChI is InChI=1S/C12H20O3/c1-9(13)11(3)10(2)14-12(15-11)7-5-4-6-8-12/h10H,4-8H2,1-3H3. The van der Waals surface area contributed by atoms with Gasteiger partial charge in [-0.2, -0.15) is 0 Å². The predicted molar refractivity (Wildman–Crippen MR) is 56.5 cm³/mol. The lowest BCUT2D eigenvalue weighted by Gasteiger charge is -2.33. The van der Waals surface area contributed by atoms with E-state index >= 15 is 0 Å². The van der Waals surface area contributed by atoms with E-state index < -0.39 is 11.4 Å². The maximum atomic E-state index is 11.6. The Morgan fingerprint density at radius 1 is 1.27 bits per heavy atom. The first kappa shape index (κ1) is 11.1. The average molecular weight is 212 g/mol. The van der Waals surface area contributed by atoms with Crippen LogP contribution in [0.3, 0.4) is 0 Å². The number of ketones is 1. The molecule has 2 aliphatic rings. The molecule has 2 rings (SSSR count). The molecule has 3 nitrogen and oxygen atoms in total.